The molecule has 0 amide bonds. The fourth-order valence-electron chi connectivity index (χ4n) is 2.50. The summed E-state index contributed by atoms with van der Waals surface area (Å²) in [5, 5.41) is 4.12. The Hall–Kier alpha value is -2.27. The number of rotatable bonds is 4. The zero-order valence-electron chi connectivity index (χ0n) is 11.6. The van der Waals surface area contributed by atoms with E-state index in [4.69, 9.17) is 0 Å². The summed E-state index contributed by atoms with van der Waals surface area (Å²) in [7, 11) is 1.87. The van der Waals surface area contributed by atoms with E-state index in [1.165, 1.54) is 6.07 Å². The highest BCUT2D eigenvalue weighted by Crippen LogP contribution is 2.21. The van der Waals surface area contributed by atoms with Gasteiger partial charge < -0.3 is 9.88 Å². The van der Waals surface area contributed by atoms with Crippen molar-refractivity contribution in [3.8, 4) is 0 Å². The summed E-state index contributed by atoms with van der Waals surface area (Å²) >= 11 is 0. The number of aromatic nitrogens is 2. The Bertz CT molecular complexity index is 780. The van der Waals surface area contributed by atoms with Crippen molar-refractivity contribution in [2.45, 2.75) is 13.1 Å². The second-order valence-corrected chi connectivity index (χ2v) is 4.92. The van der Waals surface area contributed by atoms with Crippen molar-refractivity contribution < 1.29 is 8.78 Å². The number of benzene rings is 1. The Morgan fingerprint density at radius 1 is 1.19 bits per heavy atom. The Balaban J connectivity index is 2.06. The van der Waals surface area contributed by atoms with Gasteiger partial charge in [-0.05, 0) is 42.9 Å². The van der Waals surface area contributed by atoms with Crippen LogP contribution in [-0.2, 0) is 13.1 Å². The van der Waals surface area contributed by atoms with Gasteiger partial charge in [-0.3, -0.25) is 0 Å². The predicted octanol–water partition coefficient (Wildman–Crippen LogP) is 3.08. The van der Waals surface area contributed by atoms with Crippen molar-refractivity contribution in [3.05, 3.63) is 65.5 Å². The minimum Gasteiger partial charge on any atom is -0.328 e. The molecule has 0 saturated heterocycles. The molecule has 5 heteroatoms. The van der Waals surface area contributed by atoms with E-state index in [1.54, 1.807) is 6.20 Å². The highest BCUT2D eigenvalue weighted by atomic mass is 19.1. The van der Waals surface area contributed by atoms with Crippen LogP contribution in [0.2, 0.25) is 0 Å². The Morgan fingerprint density at radius 3 is 2.86 bits per heavy atom. The number of nitrogens with zero attached hydrogens (tertiary/aromatic N) is 2. The fourth-order valence-corrected chi connectivity index (χ4v) is 2.50. The maximum atomic E-state index is 13.8. The largest absolute Gasteiger partial charge is 0.328 e. The van der Waals surface area contributed by atoms with Crippen LogP contribution in [0.25, 0.3) is 11.0 Å². The fraction of sp³-hybridized carbons (Fsp3) is 0.188. The lowest BCUT2D eigenvalue weighted by molar-refractivity contribution is 0.578. The first kappa shape index (κ1) is 13.7. The summed E-state index contributed by atoms with van der Waals surface area (Å²) in [5.41, 5.74) is 2.16. The molecule has 108 valence electrons. The summed E-state index contributed by atoms with van der Waals surface area (Å²) in [6, 6.07) is 7.35. The Labute approximate surface area is 121 Å². The molecule has 0 aliphatic heterocycles. The third kappa shape index (κ3) is 2.64. The number of halogens is 2. The molecule has 0 aliphatic carbocycles. The van der Waals surface area contributed by atoms with Crippen LogP contribution < -0.4 is 5.32 Å². The number of hydrogen-bond acceptors (Lipinski definition) is 2. The molecule has 3 nitrogen and oxygen atoms in total. The summed E-state index contributed by atoms with van der Waals surface area (Å²) in [6.07, 6.45) is 3.63. The maximum Gasteiger partial charge on any atom is 0.140 e. The number of hydrogen-bond donors (Lipinski definition) is 1. The molecular formula is C16H15F2N3. The van der Waals surface area contributed by atoms with Crippen LogP contribution in [-0.4, -0.2) is 16.6 Å². The topological polar surface area (TPSA) is 29.9 Å². The molecule has 21 heavy (non-hydrogen) atoms. The molecule has 3 rings (SSSR count). The number of nitrogens with one attached hydrogen (secondary N) is 1. The third-order valence-electron chi connectivity index (χ3n) is 3.43. The van der Waals surface area contributed by atoms with Gasteiger partial charge in [0.05, 0.1) is 6.54 Å². The minimum atomic E-state index is -0.439. The van der Waals surface area contributed by atoms with E-state index < -0.39 is 11.6 Å². The first-order chi connectivity index (χ1) is 10.2. The molecule has 0 spiro atoms. The standard InChI is InChI=1S/C16H15F2N3/c1-19-8-12-10-21(16-14(12)3-2-6-20-16)9-11-7-13(17)4-5-15(11)18/h2-7,10,19H,8-9H2,1H3. The number of pyridine rings is 1. The van der Waals surface area contributed by atoms with Gasteiger partial charge in [0.25, 0.3) is 0 Å². The Morgan fingerprint density at radius 2 is 2.05 bits per heavy atom. The van der Waals surface area contributed by atoms with Crippen LogP contribution in [0.15, 0.2) is 42.7 Å². The molecule has 0 bridgehead atoms. The van der Waals surface area contributed by atoms with E-state index in [1.807, 2.05) is 29.9 Å². The van der Waals surface area contributed by atoms with Crippen LogP contribution in [0.3, 0.4) is 0 Å². The second-order valence-electron chi connectivity index (χ2n) is 4.92. The number of fused-ring (bicyclic) bond motifs is 1. The van der Waals surface area contributed by atoms with Crippen molar-refractivity contribution in [1.29, 1.82) is 0 Å². The average Bonchev–Trinajstić information content (AvgIpc) is 2.82. The van der Waals surface area contributed by atoms with Crippen molar-refractivity contribution >= 4 is 11.0 Å². The molecule has 1 aromatic carbocycles. The van der Waals surface area contributed by atoms with Gasteiger partial charge in [-0.15, -0.1) is 0 Å². The van der Waals surface area contributed by atoms with E-state index in [9.17, 15) is 8.78 Å². The van der Waals surface area contributed by atoms with Gasteiger partial charge in [0.2, 0.25) is 0 Å². The molecule has 3 aromatic rings. The van der Waals surface area contributed by atoms with E-state index in [-0.39, 0.29) is 6.54 Å². The molecule has 0 aliphatic rings. The van der Waals surface area contributed by atoms with Crippen LogP contribution in [0.5, 0.6) is 0 Å². The summed E-state index contributed by atoms with van der Waals surface area (Å²) in [6.45, 7) is 0.946. The van der Waals surface area contributed by atoms with Crippen LogP contribution in [0, 0.1) is 11.6 Å². The first-order valence-electron chi connectivity index (χ1n) is 6.70. The van der Waals surface area contributed by atoms with Gasteiger partial charge in [0, 0.05) is 29.9 Å². The SMILES string of the molecule is CNCc1cn(Cc2cc(F)ccc2F)c2ncccc12. The molecule has 0 atom stereocenters. The monoisotopic (exact) mass is 287 g/mol. The van der Waals surface area contributed by atoms with Crippen molar-refractivity contribution in [1.82, 2.24) is 14.9 Å². The minimum absolute atomic E-state index is 0.251. The van der Waals surface area contributed by atoms with Crippen molar-refractivity contribution in [3.63, 3.8) is 0 Å². The van der Waals surface area contributed by atoms with Gasteiger partial charge >= 0.3 is 0 Å². The lowest BCUT2D eigenvalue weighted by Crippen LogP contribution is -2.05. The molecule has 2 heterocycles. The zero-order valence-corrected chi connectivity index (χ0v) is 11.6. The molecule has 0 radical (unpaired) electrons. The maximum absolute atomic E-state index is 13.8. The molecule has 2 aromatic heterocycles. The van der Waals surface area contributed by atoms with Gasteiger partial charge in [-0.2, -0.15) is 0 Å². The van der Waals surface area contributed by atoms with E-state index in [0.29, 0.717) is 12.1 Å². The zero-order chi connectivity index (χ0) is 14.8. The highest BCUT2D eigenvalue weighted by molar-refractivity contribution is 5.80. The lowest BCUT2D eigenvalue weighted by Gasteiger charge is -2.06. The average molecular weight is 287 g/mol. The lowest BCUT2D eigenvalue weighted by atomic mass is 10.2. The third-order valence-corrected chi connectivity index (χ3v) is 3.43. The summed E-state index contributed by atoms with van der Waals surface area (Å²) in [4.78, 5) is 4.35. The summed E-state index contributed by atoms with van der Waals surface area (Å²) in [5.74, 6) is -0.851. The van der Waals surface area contributed by atoms with E-state index in [2.05, 4.69) is 10.3 Å². The van der Waals surface area contributed by atoms with Gasteiger partial charge in [0.1, 0.15) is 17.3 Å². The van der Waals surface area contributed by atoms with Crippen LogP contribution >= 0.6 is 0 Å². The first-order valence-corrected chi connectivity index (χ1v) is 6.70. The quantitative estimate of drug-likeness (QED) is 0.799. The predicted molar refractivity (Wildman–Crippen MR) is 78.0 cm³/mol. The van der Waals surface area contributed by atoms with Crippen molar-refractivity contribution in [2.24, 2.45) is 0 Å². The van der Waals surface area contributed by atoms with Gasteiger partial charge in [-0.1, -0.05) is 0 Å². The Kier molecular flexibility index (Phi) is 3.66. The van der Waals surface area contributed by atoms with Crippen LogP contribution in [0.1, 0.15) is 11.1 Å². The van der Waals surface area contributed by atoms with Gasteiger partial charge in [0.15, 0.2) is 0 Å². The second kappa shape index (κ2) is 5.61. The van der Waals surface area contributed by atoms with E-state index >= 15 is 0 Å². The molecule has 0 saturated carbocycles. The van der Waals surface area contributed by atoms with Gasteiger partial charge in [-0.25, -0.2) is 13.8 Å². The summed E-state index contributed by atoms with van der Waals surface area (Å²) < 4.78 is 28.9. The molecule has 0 fully saturated rings. The van der Waals surface area contributed by atoms with E-state index in [0.717, 1.165) is 28.7 Å². The van der Waals surface area contributed by atoms with Crippen LogP contribution in [0.4, 0.5) is 8.78 Å². The molecule has 0 unspecified atom stereocenters. The van der Waals surface area contributed by atoms with Crippen molar-refractivity contribution in [2.75, 3.05) is 7.05 Å². The highest BCUT2D eigenvalue weighted by Gasteiger charge is 2.11. The molecular weight excluding hydrogens is 272 g/mol. The molecule has 1 N–H and O–H groups in total. The normalized spacial score (nSPS) is 11.2. The smallest absolute Gasteiger partial charge is 0.140 e.